The van der Waals surface area contributed by atoms with Gasteiger partial charge in [0.1, 0.15) is 0 Å². The van der Waals surface area contributed by atoms with E-state index in [2.05, 4.69) is 97.3 Å². The number of anilines is 2. The number of hydrogen-bond donors (Lipinski definition) is 0. The average molecular weight is 527 g/mol. The van der Waals surface area contributed by atoms with Crippen molar-refractivity contribution in [2.75, 3.05) is 22.9 Å². The van der Waals surface area contributed by atoms with Gasteiger partial charge in [-0.3, -0.25) is 0 Å². The third-order valence-corrected chi connectivity index (χ3v) is 8.43. The molecule has 1 aromatic heterocycles. The van der Waals surface area contributed by atoms with Crippen LogP contribution in [-0.2, 0) is 22.6 Å². The van der Waals surface area contributed by atoms with Gasteiger partial charge in [0.25, 0.3) is 0 Å². The quantitative estimate of drug-likeness (QED) is 0.388. The molecule has 1 saturated heterocycles. The molecule has 0 radical (unpaired) electrons. The molecule has 0 N–H and O–H groups in total. The summed E-state index contributed by atoms with van der Waals surface area (Å²) in [6.07, 6.45) is 3.97. The van der Waals surface area contributed by atoms with Gasteiger partial charge in [0.2, 0.25) is 0 Å². The van der Waals surface area contributed by atoms with Crippen molar-refractivity contribution < 1.29 is 16.2 Å². The predicted octanol–water partition coefficient (Wildman–Crippen LogP) is 5.86. The van der Waals surface area contributed by atoms with E-state index in [0.717, 1.165) is 25.9 Å². The SMILES string of the molecule is Cc1cc(C)c(N2CCN(c3c(C)cc(C)cc3C)[C]2=[Ru]=[CH]CCc2ccccn2)c(C)c1. The molecule has 1 fully saturated rings. The second kappa shape index (κ2) is 10.2. The van der Waals surface area contributed by atoms with Gasteiger partial charge in [0.15, 0.2) is 0 Å². The molecule has 3 aromatic rings. The first-order valence-corrected chi connectivity index (χ1v) is 13.6. The first kappa shape index (κ1) is 23.7. The fourth-order valence-electron chi connectivity index (χ4n) is 5.09. The van der Waals surface area contributed by atoms with E-state index < -0.39 is 0 Å². The van der Waals surface area contributed by atoms with Crippen molar-refractivity contribution in [3.8, 4) is 0 Å². The Balaban J connectivity index is 1.76. The van der Waals surface area contributed by atoms with Gasteiger partial charge in [-0.05, 0) is 0 Å². The zero-order valence-corrected chi connectivity index (χ0v) is 22.5. The summed E-state index contributed by atoms with van der Waals surface area (Å²) in [5, 5.41) is 0. The minimum atomic E-state index is -0.0400. The van der Waals surface area contributed by atoms with E-state index in [1.165, 1.54) is 54.8 Å². The van der Waals surface area contributed by atoms with Gasteiger partial charge >= 0.3 is 207 Å². The number of hydrogen-bond acceptors (Lipinski definition) is 3. The third kappa shape index (κ3) is 5.22. The molecule has 1 aliphatic heterocycles. The number of nitrogens with zero attached hydrogens (tertiary/aromatic N) is 3. The van der Waals surface area contributed by atoms with Crippen molar-refractivity contribution in [1.82, 2.24) is 4.98 Å². The van der Waals surface area contributed by atoms with Gasteiger partial charge in [0.05, 0.1) is 0 Å². The van der Waals surface area contributed by atoms with Crippen LogP contribution in [0.15, 0.2) is 48.7 Å². The van der Waals surface area contributed by atoms with Gasteiger partial charge in [-0.2, -0.15) is 0 Å². The molecule has 0 amide bonds. The zero-order valence-electron chi connectivity index (χ0n) is 20.7. The van der Waals surface area contributed by atoms with Gasteiger partial charge < -0.3 is 0 Å². The molecule has 0 aliphatic carbocycles. The van der Waals surface area contributed by atoms with Crippen LogP contribution in [0.2, 0.25) is 0 Å². The molecule has 0 spiro atoms. The summed E-state index contributed by atoms with van der Waals surface area (Å²) < 4.78 is 4.01. The Morgan fingerprint density at radius 3 is 1.76 bits per heavy atom. The van der Waals surface area contributed by atoms with E-state index in [4.69, 9.17) is 0 Å². The first-order chi connectivity index (χ1) is 15.8. The summed E-state index contributed by atoms with van der Waals surface area (Å²) in [5.74, 6) is 0. The summed E-state index contributed by atoms with van der Waals surface area (Å²) in [5.41, 5.74) is 12.1. The molecule has 3 nitrogen and oxygen atoms in total. The van der Waals surface area contributed by atoms with Crippen molar-refractivity contribution in [3.05, 3.63) is 87.7 Å². The maximum atomic E-state index is 4.50. The van der Waals surface area contributed by atoms with Crippen LogP contribution in [0.5, 0.6) is 0 Å². The van der Waals surface area contributed by atoms with Crippen LogP contribution in [-0.4, -0.2) is 27.0 Å². The van der Waals surface area contributed by atoms with Crippen molar-refractivity contribution in [2.45, 2.75) is 54.4 Å². The third-order valence-electron chi connectivity index (χ3n) is 6.18. The number of pyridine rings is 1. The number of rotatable bonds is 5. The van der Waals surface area contributed by atoms with Crippen molar-refractivity contribution in [1.29, 1.82) is 0 Å². The maximum absolute atomic E-state index is 4.50. The van der Waals surface area contributed by atoms with Gasteiger partial charge in [-0.15, -0.1) is 0 Å². The second-order valence-corrected chi connectivity index (χ2v) is 11.2. The zero-order chi connectivity index (χ0) is 23.5. The molecule has 0 atom stereocenters. The molecule has 174 valence electrons. The summed E-state index contributed by atoms with van der Waals surface area (Å²) in [4.78, 5) is 9.72. The van der Waals surface area contributed by atoms with Crippen LogP contribution in [0.1, 0.15) is 45.5 Å². The standard InChI is InChI=1S/C21H26N2.C8H9N.Ru/c1-14-9-16(3)20(17(4)10-14)22-7-8-23(13-22)21-18(5)11-15(2)12-19(21)6;1-2-5-8-6-3-4-7-9-8;/h9-12H,7-8H2,1-6H3;1,3-4,6-7H,2,5H2;. The first-order valence-electron chi connectivity index (χ1n) is 11.7. The fraction of sp³-hybridized carbons (Fsp3) is 0.345. The van der Waals surface area contributed by atoms with E-state index in [0.29, 0.717) is 0 Å². The van der Waals surface area contributed by atoms with E-state index in [-0.39, 0.29) is 16.2 Å². The molecular weight excluding hydrogens is 491 g/mol. The number of aromatic nitrogens is 1. The van der Waals surface area contributed by atoms with Crippen LogP contribution >= 0.6 is 0 Å². The minimum absolute atomic E-state index is 0.0400. The molecule has 4 rings (SSSR count). The Hall–Kier alpha value is -2.45. The Kier molecular flexibility index (Phi) is 7.34. The predicted molar refractivity (Wildman–Crippen MR) is 140 cm³/mol. The summed E-state index contributed by atoms with van der Waals surface area (Å²) >= 11 is -0.0400. The number of benzene rings is 2. The van der Waals surface area contributed by atoms with E-state index >= 15 is 0 Å². The molecule has 2 aromatic carbocycles. The Bertz CT molecular complexity index is 1110. The summed E-state index contributed by atoms with van der Waals surface area (Å²) in [6, 6.07) is 15.5. The Morgan fingerprint density at radius 1 is 0.788 bits per heavy atom. The van der Waals surface area contributed by atoms with Crippen LogP contribution in [0.4, 0.5) is 11.4 Å². The summed E-state index contributed by atoms with van der Waals surface area (Å²) in [7, 11) is 0. The Labute approximate surface area is 206 Å². The van der Waals surface area contributed by atoms with E-state index in [1.54, 1.807) is 0 Å². The summed E-state index contributed by atoms with van der Waals surface area (Å²) in [6.45, 7) is 15.5. The molecule has 33 heavy (non-hydrogen) atoms. The molecule has 0 unspecified atom stereocenters. The molecule has 0 saturated carbocycles. The molecule has 2 heterocycles. The van der Waals surface area contributed by atoms with Crippen molar-refractivity contribution in [2.24, 2.45) is 0 Å². The van der Waals surface area contributed by atoms with Crippen LogP contribution < -0.4 is 9.80 Å². The van der Waals surface area contributed by atoms with Crippen LogP contribution in [0, 0.1) is 41.5 Å². The Morgan fingerprint density at radius 2 is 1.30 bits per heavy atom. The van der Waals surface area contributed by atoms with E-state index in [9.17, 15) is 0 Å². The van der Waals surface area contributed by atoms with Crippen molar-refractivity contribution in [3.63, 3.8) is 0 Å². The second-order valence-electron chi connectivity index (χ2n) is 9.16. The fourth-order valence-corrected chi connectivity index (χ4v) is 7.23. The van der Waals surface area contributed by atoms with Gasteiger partial charge in [-0.1, -0.05) is 0 Å². The number of aryl methyl sites for hydroxylation is 7. The normalized spacial score (nSPS) is 13.7. The van der Waals surface area contributed by atoms with Crippen LogP contribution in [0.25, 0.3) is 0 Å². The van der Waals surface area contributed by atoms with Gasteiger partial charge in [0, 0.05) is 0 Å². The molecule has 4 heteroatoms. The molecule has 1 aliphatic rings. The van der Waals surface area contributed by atoms with E-state index in [1.807, 2.05) is 12.3 Å². The van der Waals surface area contributed by atoms with Gasteiger partial charge in [-0.25, -0.2) is 0 Å². The topological polar surface area (TPSA) is 19.4 Å². The molecular formula is C29H35N3Ru. The monoisotopic (exact) mass is 527 g/mol. The van der Waals surface area contributed by atoms with Crippen LogP contribution in [0.3, 0.4) is 0 Å². The van der Waals surface area contributed by atoms with Crippen molar-refractivity contribution >= 4 is 20.3 Å². The molecule has 0 bridgehead atoms. The average Bonchev–Trinajstić information content (AvgIpc) is 3.13.